The van der Waals surface area contributed by atoms with Gasteiger partial charge in [-0.3, -0.25) is 4.79 Å². The van der Waals surface area contributed by atoms with Crippen LogP contribution in [0.3, 0.4) is 0 Å². The Bertz CT molecular complexity index is 570. The lowest BCUT2D eigenvalue weighted by atomic mass is 10.0. The van der Waals surface area contributed by atoms with E-state index in [2.05, 4.69) is 5.32 Å². The molecule has 0 aliphatic rings. The fourth-order valence-corrected chi connectivity index (χ4v) is 1.95. The number of phenols is 1. The predicted octanol–water partition coefficient (Wildman–Crippen LogP) is 2.81. The van der Waals surface area contributed by atoms with Gasteiger partial charge in [-0.15, -0.1) is 0 Å². The molecule has 20 heavy (non-hydrogen) atoms. The molecule has 2 aromatic carbocycles. The van der Waals surface area contributed by atoms with Crippen molar-refractivity contribution in [2.75, 3.05) is 5.32 Å². The molecule has 0 saturated carbocycles. The largest absolute Gasteiger partial charge is 0.506 e. The average Bonchev–Trinajstić information content (AvgIpc) is 2.48. The number of anilines is 1. The van der Waals surface area contributed by atoms with Gasteiger partial charge in [0.2, 0.25) is 5.91 Å². The molecule has 0 bridgehead atoms. The van der Waals surface area contributed by atoms with Crippen LogP contribution in [0.2, 0.25) is 0 Å². The Morgan fingerprint density at radius 2 is 1.75 bits per heavy atom. The van der Waals surface area contributed by atoms with Gasteiger partial charge in [-0.1, -0.05) is 42.5 Å². The van der Waals surface area contributed by atoms with Gasteiger partial charge in [0.25, 0.3) is 0 Å². The molecule has 0 fully saturated rings. The monoisotopic (exact) mass is 270 g/mol. The third-order valence-corrected chi connectivity index (χ3v) is 3.09. The first-order valence-electron chi connectivity index (χ1n) is 6.55. The van der Waals surface area contributed by atoms with E-state index in [0.717, 1.165) is 5.56 Å². The number of nitrogens with two attached hydrogens (primary N) is 1. The summed E-state index contributed by atoms with van der Waals surface area (Å²) in [5, 5.41) is 12.2. The molecule has 2 aromatic rings. The van der Waals surface area contributed by atoms with Gasteiger partial charge in [0.1, 0.15) is 5.75 Å². The van der Waals surface area contributed by atoms with Crippen LogP contribution in [0.4, 0.5) is 5.69 Å². The number of hydrogen-bond donors (Lipinski definition) is 3. The number of rotatable bonds is 5. The molecule has 0 saturated heterocycles. The molecule has 1 unspecified atom stereocenters. The molecule has 4 heteroatoms. The zero-order valence-corrected chi connectivity index (χ0v) is 11.1. The van der Waals surface area contributed by atoms with Crippen molar-refractivity contribution in [3.63, 3.8) is 0 Å². The number of aromatic hydroxyl groups is 1. The Labute approximate surface area is 118 Å². The fourth-order valence-electron chi connectivity index (χ4n) is 1.95. The summed E-state index contributed by atoms with van der Waals surface area (Å²) in [4.78, 5) is 11.8. The first-order chi connectivity index (χ1) is 9.66. The van der Waals surface area contributed by atoms with Crippen LogP contribution >= 0.6 is 0 Å². The molecule has 0 heterocycles. The highest BCUT2D eigenvalue weighted by atomic mass is 16.3. The van der Waals surface area contributed by atoms with Gasteiger partial charge in [-0.2, -0.15) is 0 Å². The minimum absolute atomic E-state index is 0.0632. The highest BCUT2D eigenvalue weighted by Crippen LogP contribution is 2.22. The van der Waals surface area contributed by atoms with E-state index in [-0.39, 0.29) is 17.7 Å². The molecule has 104 valence electrons. The summed E-state index contributed by atoms with van der Waals surface area (Å²) in [7, 11) is 0. The molecule has 4 N–H and O–H groups in total. The predicted molar refractivity (Wildman–Crippen MR) is 79.3 cm³/mol. The molecule has 0 radical (unpaired) electrons. The van der Waals surface area contributed by atoms with Crippen molar-refractivity contribution in [1.29, 1.82) is 0 Å². The van der Waals surface area contributed by atoms with E-state index in [0.29, 0.717) is 18.5 Å². The zero-order chi connectivity index (χ0) is 14.4. The van der Waals surface area contributed by atoms with E-state index in [1.165, 1.54) is 6.07 Å². The second-order valence-electron chi connectivity index (χ2n) is 4.62. The summed E-state index contributed by atoms with van der Waals surface area (Å²) in [5.74, 6) is -0.0916. The van der Waals surface area contributed by atoms with E-state index in [1.807, 2.05) is 30.3 Å². The second kappa shape index (κ2) is 6.73. The van der Waals surface area contributed by atoms with Crippen LogP contribution in [-0.2, 0) is 4.79 Å². The van der Waals surface area contributed by atoms with Gasteiger partial charge in [0.15, 0.2) is 0 Å². The van der Waals surface area contributed by atoms with Crippen molar-refractivity contribution < 1.29 is 9.90 Å². The van der Waals surface area contributed by atoms with E-state index in [9.17, 15) is 9.90 Å². The van der Waals surface area contributed by atoms with Gasteiger partial charge in [0, 0.05) is 12.5 Å². The molecule has 0 aromatic heterocycles. The Morgan fingerprint density at radius 3 is 2.45 bits per heavy atom. The first-order valence-corrected chi connectivity index (χ1v) is 6.55. The number of amides is 1. The normalized spacial score (nSPS) is 11.8. The summed E-state index contributed by atoms with van der Waals surface area (Å²) in [5.41, 5.74) is 7.48. The van der Waals surface area contributed by atoms with Crippen LogP contribution in [0.25, 0.3) is 0 Å². The van der Waals surface area contributed by atoms with Crippen LogP contribution in [-0.4, -0.2) is 11.0 Å². The molecule has 1 atom stereocenters. The van der Waals surface area contributed by atoms with Crippen molar-refractivity contribution in [3.8, 4) is 5.75 Å². The average molecular weight is 270 g/mol. The zero-order valence-electron chi connectivity index (χ0n) is 11.1. The SMILES string of the molecule is NC(CCC(=O)Nc1ccccc1O)c1ccccc1. The lowest BCUT2D eigenvalue weighted by Crippen LogP contribution is -2.16. The summed E-state index contributed by atoms with van der Waals surface area (Å²) in [6.07, 6.45) is 0.869. The quantitative estimate of drug-likeness (QED) is 0.731. The van der Waals surface area contributed by atoms with Crippen molar-refractivity contribution in [3.05, 3.63) is 60.2 Å². The van der Waals surface area contributed by atoms with Gasteiger partial charge in [-0.05, 0) is 24.1 Å². The second-order valence-corrected chi connectivity index (χ2v) is 4.62. The third kappa shape index (κ3) is 3.83. The Kier molecular flexibility index (Phi) is 4.74. The number of carbonyl (C=O) groups is 1. The summed E-state index contributed by atoms with van der Waals surface area (Å²) < 4.78 is 0. The highest BCUT2D eigenvalue weighted by Gasteiger charge is 2.10. The van der Waals surface area contributed by atoms with Gasteiger partial charge in [0.05, 0.1) is 5.69 Å². The topological polar surface area (TPSA) is 75.4 Å². The molecule has 1 amide bonds. The lowest BCUT2D eigenvalue weighted by molar-refractivity contribution is -0.116. The van der Waals surface area contributed by atoms with E-state index >= 15 is 0 Å². The number of para-hydroxylation sites is 2. The maximum Gasteiger partial charge on any atom is 0.224 e. The Morgan fingerprint density at radius 1 is 1.10 bits per heavy atom. The highest BCUT2D eigenvalue weighted by molar-refractivity contribution is 5.92. The van der Waals surface area contributed by atoms with Crippen molar-refractivity contribution >= 4 is 11.6 Å². The van der Waals surface area contributed by atoms with Gasteiger partial charge in [-0.25, -0.2) is 0 Å². The molecule has 2 rings (SSSR count). The van der Waals surface area contributed by atoms with E-state index in [4.69, 9.17) is 5.73 Å². The van der Waals surface area contributed by atoms with Crippen LogP contribution in [0.5, 0.6) is 5.75 Å². The maximum atomic E-state index is 11.8. The number of carbonyl (C=O) groups excluding carboxylic acids is 1. The van der Waals surface area contributed by atoms with Crippen LogP contribution < -0.4 is 11.1 Å². The minimum atomic E-state index is -0.161. The van der Waals surface area contributed by atoms with Crippen LogP contribution in [0.1, 0.15) is 24.4 Å². The van der Waals surface area contributed by atoms with E-state index in [1.54, 1.807) is 18.2 Å². The van der Waals surface area contributed by atoms with Gasteiger partial charge >= 0.3 is 0 Å². The summed E-state index contributed by atoms with van der Waals surface area (Å²) in [6, 6.07) is 16.2. The number of hydrogen-bond acceptors (Lipinski definition) is 3. The number of nitrogens with one attached hydrogen (secondary N) is 1. The third-order valence-electron chi connectivity index (χ3n) is 3.09. The molecule has 0 aliphatic carbocycles. The maximum absolute atomic E-state index is 11.8. The smallest absolute Gasteiger partial charge is 0.224 e. The summed E-state index contributed by atoms with van der Waals surface area (Å²) in [6.45, 7) is 0. The van der Waals surface area contributed by atoms with Crippen LogP contribution in [0, 0.1) is 0 Å². The molecule has 0 spiro atoms. The standard InChI is InChI=1S/C16H18N2O2/c17-13(12-6-2-1-3-7-12)10-11-16(20)18-14-8-4-5-9-15(14)19/h1-9,13,19H,10-11,17H2,(H,18,20). The van der Waals surface area contributed by atoms with Crippen LogP contribution in [0.15, 0.2) is 54.6 Å². The van der Waals surface area contributed by atoms with Crippen molar-refractivity contribution in [2.45, 2.75) is 18.9 Å². The molecule has 0 aliphatic heterocycles. The molecular formula is C16H18N2O2. The number of benzene rings is 2. The molecular weight excluding hydrogens is 252 g/mol. The lowest BCUT2D eigenvalue weighted by Gasteiger charge is -2.12. The number of phenolic OH excluding ortho intramolecular Hbond substituents is 1. The minimum Gasteiger partial charge on any atom is -0.506 e. The summed E-state index contributed by atoms with van der Waals surface area (Å²) >= 11 is 0. The Hall–Kier alpha value is -2.33. The van der Waals surface area contributed by atoms with Crippen molar-refractivity contribution in [2.24, 2.45) is 5.73 Å². The fraction of sp³-hybridized carbons (Fsp3) is 0.188. The van der Waals surface area contributed by atoms with E-state index < -0.39 is 0 Å². The Balaban J connectivity index is 1.85. The van der Waals surface area contributed by atoms with Gasteiger partial charge < -0.3 is 16.2 Å². The first kappa shape index (κ1) is 14.1. The molecule has 4 nitrogen and oxygen atoms in total. The van der Waals surface area contributed by atoms with Crippen molar-refractivity contribution in [1.82, 2.24) is 0 Å².